The van der Waals surface area contributed by atoms with Crippen molar-refractivity contribution < 1.29 is 24.9 Å². The first-order valence-corrected chi connectivity index (χ1v) is 11.3. The molecule has 0 fully saturated rings. The number of ether oxygens (including phenoxy) is 1. The predicted molar refractivity (Wildman–Crippen MR) is 114 cm³/mol. The summed E-state index contributed by atoms with van der Waals surface area (Å²) in [5, 5.41) is 27.5. The Kier molecular flexibility index (Phi) is 20.1. The molecule has 0 aliphatic carbocycles. The van der Waals surface area contributed by atoms with Gasteiger partial charge in [-0.05, 0) is 32.1 Å². The van der Waals surface area contributed by atoms with E-state index >= 15 is 0 Å². The van der Waals surface area contributed by atoms with Crippen LogP contribution in [0.3, 0.4) is 0 Å². The Morgan fingerprint density at radius 1 is 0.821 bits per heavy atom. The summed E-state index contributed by atoms with van der Waals surface area (Å²) in [6, 6.07) is 0. The van der Waals surface area contributed by atoms with Crippen molar-refractivity contribution in [2.45, 2.75) is 90.4 Å². The molecule has 1 atom stereocenters. The molecule has 0 amide bonds. The van der Waals surface area contributed by atoms with Crippen molar-refractivity contribution in [1.29, 1.82) is 0 Å². The Morgan fingerprint density at radius 3 is 2.07 bits per heavy atom. The zero-order valence-electron chi connectivity index (χ0n) is 18.0. The fourth-order valence-corrected chi connectivity index (χ4v) is 3.33. The topological polar surface area (TPSA) is 87.0 Å². The van der Waals surface area contributed by atoms with E-state index in [0.29, 0.717) is 6.42 Å². The van der Waals surface area contributed by atoms with E-state index < -0.39 is 17.8 Å². The van der Waals surface area contributed by atoms with E-state index in [0.717, 1.165) is 45.3 Å². The van der Waals surface area contributed by atoms with Gasteiger partial charge in [0.2, 0.25) is 0 Å². The van der Waals surface area contributed by atoms with Crippen LogP contribution < -0.4 is 0 Å². The number of carboxylic acid groups (broad SMARTS) is 1. The smallest absolute Gasteiger partial charge is 0.306 e. The molecule has 0 saturated carbocycles. The molecule has 0 saturated heterocycles. The van der Waals surface area contributed by atoms with E-state index in [9.17, 15) is 9.90 Å². The summed E-state index contributed by atoms with van der Waals surface area (Å²) in [6.45, 7) is 3.34. The van der Waals surface area contributed by atoms with Gasteiger partial charge in [0.05, 0.1) is 12.5 Å². The zero-order valence-corrected chi connectivity index (χ0v) is 18.0. The molecule has 5 nitrogen and oxygen atoms in total. The van der Waals surface area contributed by atoms with Crippen LogP contribution in [-0.4, -0.2) is 47.7 Å². The number of aliphatic hydroxyl groups excluding tert-OH is 2. The second kappa shape index (κ2) is 20.8. The highest BCUT2D eigenvalue weighted by molar-refractivity contribution is 5.70. The van der Waals surface area contributed by atoms with Crippen LogP contribution in [0, 0.1) is 11.8 Å². The minimum atomic E-state index is -0.926. The Hall–Kier alpha value is -0.910. The van der Waals surface area contributed by atoms with Crippen molar-refractivity contribution in [1.82, 2.24) is 0 Å². The van der Waals surface area contributed by atoms with Gasteiger partial charge in [0, 0.05) is 25.7 Å². The Morgan fingerprint density at radius 2 is 1.43 bits per heavy atom. The third kappa shape index (κ3) is 16.1. The van der Waals surface area contributed by atoms with Gasteiger partial charge in [0.15, 0.2) is 0 Å². The van der Waals surface area contributed by atoms with E-state index in [1.807, 2.05) is 0 Å². The van der Waals surface area contributed by atoms with Gasteiger partial charge in [0.25, 0.3) is 0 Å². The monoisotopic (exact) mass is 400 g/mol. The first-order valence-electron chi connectivity index (χ1n) is 11.3. The second-order valence-corrected chi connectivity index (χ2v) is 7.70. The highest BCUT2D eigenvalue weighted by Crippen LogP contribution is 2.20. The van der Waals surface area contributed by atoms with Gasteiger partial charge < -0.3 is 20.1 Å². The zero-order chi connectivity index (χ0) is 20.9. The minimum Gasteiger partial charge on any atom is -0.481 e. The van der Waals surface area contributed by atoms with Crippen LogP contribution in [0.2, 0.25) is 0 Å². The summed E-state index contributed by atoms with van der Waals surface area (Å²) < 4.78 is 5.65. The van der Waals surface area contributed by atoms with E-state index in [2.05, 4.69) is 19.1 Å². The number of hydrogen-bond donors (Lipinski definition) is 3. The lowest BCUT2D eigenvalue weighted by Gasteiger charge is -2.19. The summed E-state index contributed by atoms with van der Waals surface area (Å²) >= 11 is 0. The maximum Gasteiger partial charge on any atom is 0.306 e. The molecule has 166 valence electrons. The van der Waals surface area contributed by atoms with Crippen molar-refractivity contribution in [3.8, 4) is 0 Å². The molecule has 5 heteroatoms. The average Bonchev–Trinajstić information content (AvgIpc) is 2.69. The number of allylic oxidation sites excluding steroid dienone is 1. The second-order valence-electron chi connectivity index (χ2n) is 7.70. The number of rotatable bonds is 21. The van der Waals surface area contributed by atoms with Crippen LogP contribution in [0.25, 0.3) is 0 Å². The molecule has 0 heterocycles. The van der Waals surface area contributed by atoms with Gasteiger partial charge in [-0.25, -0.2) is 0 Å². The van der Waals surface area contributed by atoms with Gasteiger partial charge in [-0.1, -0.05) is 70.4 Å². The lowest BCUT2D eigenvalue weighted by atomic mass is 9.88. The number of carbonyl (C=O) groups is 1. The van der Waals surface area contributed by atoms with Gasteiger partial charge >= 0.3 is 5.97 Å². The highest BCUT2D eigenvalue weighted by Gasteiger charge is 2.26. The minimum absolute atomic E-state index is 0.281. The fourth-order valence-electron chi connectivity index (χ4n) is 3.33. The molecule has 0 aromatic carbocycles. The van der Waals surface area contributed by atoms with Crippen LogP contribution in [0.4, 0.5) is 0 Å². The Labute approximate surface area is 172 Å². The first kappa shape index (κ1) is 27.1. The maximum atomic E-state index is 11.2. The normalized spacial score (nSPS) is 12.9. The summed E-state index contributed by atoms with van der Waals surface area (Å²) in [5.41, 5.74) is 0. The summed E-state index contributed by atoms with van der Waals surface area (Å²) in [6.07, 6.45) is 18.8. The molecule has 0 radical (unpaired) electrons. The van der Waals surface area contributed by atoms with Gasteiger partial charge in [0.1, 0.15) is 0 Å². The highest BCUT2D eigenvalue weighted by atomic mass is 16.5. The van der Waals surface area contributed by atoms with Gasteiger partial charge in [-0.2, -0.15) is 0 Å². The maximum absolute atomic E-state index is 11.2. The lowest BCUT2D eigenvalue weighted by Crippen LogP contribution is -2.29. The van der Waals surface area contributed by atoms with E-state index in [-0.39, 0.29) is 13.2 Å². The van der Waals surface area contributed by atoms with Crippen molar-refractivity contribution in [3.05, 3.63) is 12.2 Å². The van der Waals surface area contributed by atoms with E-state index in [4.69, 9.17) is 14.9 Å². The average molecular weight is 401 g/mol. The molecule has 0 spiro atoms. The first-order chi connectivity index (χ1) is 13.7. The standard InChI is InChI=1S/C23H44O5/c1-2-3-4-5-8-11-14-17-28-18-15-12-9-6-7-10-13-16-22(23(26)27)21(19-24)20-25/h9,12,21-22,24-25H,2-8,10-11,13-20H2,1H3,(H,26,27). The third-order valence-corrected chi connectivity index (χ3v) is 5.23. The predicted octanol–water partition coefficient (Wildman–Crippen LogP) is 4.95. The van der Waals surface area contributed by atoms with Crippen LogP contribution in [-0.2, 0) is 9.53 Å². The third-order valence-electron chi connectivity index (χ3n) is 5.23. The van der Waals surface area contributed by atoms with Crippen LogP contribution >= 0.6 is 0 Å². The molecule has 0 rings (SSSR count). The summed E-state index contributed by atoms with van der Waals surface area (Å²) in [5.74, 6) is -2.14. The lowest BCUT2D eigenvalue weighted by molar-refractivity contribution is -0.145. The summed E-state index contributed by atoms with van der Waals surface area (Å²) in [4.78, 5) is 11.2. The van der Waals surface area contributed by atoms with Crippen molar-refractivity contribution in [2.24, 2.45) is 11.8 Å². The molecule has 0 aliphatic rings. The van der Waals surface area contributed by atoms with E-state index in [1.165, 1.54) is 44.9 Å². The molecular weight excluding hydrogens is 356 g/mol. The van der Waals surface area contributed by atoms with Crippen LogP contribution in [0.15, 0.2) is 12.2 Å². The molecule has 0 bridgehead atoms. The molecule has 0 aliphatic heterocycles. The Bertz CT molecular complexity index is 366. The number of carboxylic acids is 1. The SMILES string of the molecule is CCCCCCCCCOCCC=CCCCCCC(C(=O)O)C(CO)CO. The molecule has 1 unspecified atom stereocenters. The van der Waals surface area contributed by atoms with Crippen molar-refractivity contribution in [3.63, 3.8) is 0 Å². The van der Waals surface area contributed by atoms with Crippen molar-refractivity contribution >= 4 is 5.97 Å². The number of hydrogen-bond acceptors (Lipinski definition) is 4. The Balaban J connectivity index is 3.45. The van der Waals surface area contributed by atoms with Crippen molar-refractivity contribution in [2.75, 3.05) is 26.4 Å². The van der Waals surface area contributed by atoms with E-state index in [1.54, 1.807) is 0 Å². The number of unbranched alkanes of at least 4 members (excludes halogenated alkanes) is 9. The molecule has 3 N–H and O–H groups in total. The largest absolute Gasteiger partial charge is 0.481 e. The van der Waals surface area contributed by atoms with Crippen LogP contribution in [0.5, 0.6) is 0 Å². The number of aliphatic hydroxyl groups is 2. The summed E-state index contributed by atoms with van der Waals surface area (Å²) in [7, 11) is 0. The van der Waals surface area contributed by atoms with Gasteiger partial charge in [-0.15, -0.1) is 0 Å². The van der Waals surface area contributed by atoms with Gasteiger partial charge in [-0.3, -0.25) is 4.79 Å². The molecular formula is C23H44O5. The quantitative estimate of drug-likeness (QED) is 0.187. The number of aliphatic carboxylic acids is 1. The van der Waals surface area contributed by atoms with Crippen LogP contribution in [0.1, 0.15) is 90.4 Å². The molecule has 28 heavy (non-hydrogen) atoms. The fraction of sp³-hybridized carbons (Fsp3) is 0.870. The molecule has 0 aromatic rings. The molecule has 0 aromatic heterocycles.